The predicted octanol–water partition coefficient (Wildman–Crippen LogP) is 2.97. The molecule has 1 N–H and O–H groups in total. The zero-order valence-electron chi connectivity index (χ0n) is 14.2. The molecule has 4 nitrogen and oxygen atoms in total. The number of benzene rings is 1. The second-order valence-corrected chi connectivity index (χ2v) is 6.59. The smallest absolute Gasteiger partial charge is 0.224 e. The first-order chi connectivity index (χ1) is 11.7. The zero-order valence-corrected chi connectivity index (χ0v) is 14.2. The molecule has 1 saturated heterocycles. The fourth-order valence-electron chi connectivity index (χ4n) is 3.24. The highest BCUT2D eigenvalue weighted by Crippen LogP contribution is 2.20. The molecule has 2 aromatic rings. The third kappa shape index (κ3) is 4.57. The Morgan fingerprint density at radius 2 is 2.04 bits per heavy atom. The number of hydrogen-bond acceptors (Lipinski definition) is 3. The Hall–Kier alpha value is -2.36. The Bertz CT molecular complexity index is 664. The number of anilines is 1. The minimum Gasteiger partial charge on any atom is -0.357 e. The lowest BCUT2D eigenvalue weighted by Gasteiger charge is -2.32. The van der Waals surface area contributed by atoms with E-state index in [9.17, 15) is 4.79 Å². The maximum atomic E-state index is 12.1. The molecule has 24 heavy (non-hydrogen) atoms. The summed E-state index contributed by atoms with van der Waals surface area (Å²) >= 11 is 0. The fourth-order valence-corrected chi connectivity index (χ4v) is 3.24. The lowest BCUT2D eigenvalue weighted by Crippen LogP contribution is -2.39. The van der Waals surface area contributed by atoms with Crippen molar-refractivity contribution in [2.45, 2.75) is 26.2 Å². The Morgan fingerprint density at radius 1 is 1.21 bits per heavy atom. The first-order valence-electron chi connectivity index (χ1n) is 8.69. The van der Waals surface area contributed by atoms with Crippen molar-refractivity contribution >= 4 is 11.7 Å². The van der Waals surface area contributed by atoms with E-state index >= 15 is 0 Å². The van der Waals surface area contributed by atoms with Crippen LogP contribution in [-0.2, 0) is 11.2 Å². The van der Waals surface area contributed by atoms with Crippen LogP contribution in [0.3, 0.4) is 0 Å². The van der Waals surface area contributed by atoms with Crippen LogP contribution in [0.2, 0.25) is 0 Å². The molecule has 1 aliphatic rings. The molecule has 0 radical (unpaired) electrons. The van der Waals surface area contributed by atoms with Gasteiger partial charge in [-0.2, -0.15) is 0 Å². The van der Waals surface area contributed by atoms with Crippen molar-refractivity contribution in [3.63, 3.8) is 0 Å². The molecular formula is C20H25N3O. The first-order valence-corrected chi connectivity index (χ1v) is 8.69. The second kappa shape index (κ2) is 7.95. The quantitative estimate of drug-likeness (QED) is 0.920. The van der Waals surface area contributed by atoms with E-state index in [0.29, 0.717) is 12.3 Å². The van der Waals surface area contributed by atoms with E-state index in [1.54, 1.807) is 0 Å². The van der Waals surface area contributed by atoms with E-state index in [0.717, 1.165) is 43.9 Å². The lowest BCUT2D eigenvalue weighted by molar-refractivity contribution is -0.120. The van der Waals surface area contributed by atoms with Crippen LogP contribution in [0.25, 0.3) is 0 Å². The van der Waals surface area contributed by atoms with E-state index in [2.05, 4.69) is 40.3 Å². The van der Waals surface area contributed by atoms with Crippen molar-refractivity contribution in [2.75, 3.05) is 24.5 Å². The van der Waals surface area contributed by atoms with Crippen LogP contribution in [0.1, 0.15) is 24.0 Å². The van der Waals surface area contributed by atoms with Gasteiger partial charge in [-0.25, -0.2) is 4.98 Å². The average molecular weight is 323 g/mol. The van der Waals surface area contributed by atoms with Crippen LogP contribution in [0.4, 0.5) is 5.82 Å². The number of aryl methyl sites for hydroxylation is 1. The fraction of sp³-hybridized carbons (Fsp3) is 0.400. The van der Waals surface area contributed by atoms with Gasteiger partial charge in [0.2, 0.25) is 5.91 Å². The van der Waals surface area contributed by atoms with Gasteiger partial charge in [-0.3, -0.25) is 4.79 Å². The molecule has 3 rings (SSSR count). The maximum Gasteiger partial charge on any atom is 0.224 e. The number of hydrogen-bond donors (Lipinski definition) is 1. The summed E-state index contributed by atoms with van der Waals surface area (Å²) in [5.74, 6) is 1.73. The summed E-state index contributed by atoms with van der Waals surface area (Å²) in [6, 6.07) is 14.2. The number of amides is 1. The van der Waals surface area contributed by atoms with Gasteiger partial charge in [-0.1, -0.05) is 35.9 Å². The summed E-state index contributed by atoms with van der Waals surface area (Å²) in [5, 5.41) is 3.10. The number of pyridine rings is 1. The lowest BCUT2D eigenvalue weighted by atomic mass is 9.96. The Labute approximate surface area is 143 Å². The van der Waals surface area contributed by atoms with Gasteiger partial charge in [0.05, 0.1) is 6.42 Å². The molecule has 1 fully saturated rings. The molecule has 0 saturated carbocycles. The van der Waals surface area contributed by atoms with Crippen LogP contribution in [-0.4, -0.2) is 30.5 Å². The number of piperidine rings is 1. The monoisotopic (exact) mass is 323 g/mol. The Morgan fingerprint density at radius 3 is 2.75 bits per heavy atom. The molecule has 2 heterocycles. The van der Waals surface area contributed by atoms with Crippen molar-refractivity contribution in [2.24, 2.45) is 5.92 Å². The summed E-state index contributed by atoms with van der Waals surface area (Å²) in [6.07, 6.45) is 4.50. The van der Waals surface area contributed by atoms with Crippen molar-refractivity contribution in [1.29, 1.82) is 0 Å². The molecule has 1 aromatic carbocycles. The molecule has 126 valence electrons. The SMILES string of the molecule is Cc1cccc(CC(=O)NCC2CCN(c3ccccn3)CC2)c1. The summed E-state index contributed by atoms with van der Waals surface area (Å²) in [4.78, 5) is 18.9. The highest BCUT2D eigenvalue weighted by Gasteiger charge is 2.20. The van der Waals surface area contributed by atoms with Gasteiger partial charge in [0.1, 0.15) is 5.82 Å². The molecular weight excluding hydrogens is 298 g/mol. The molecule has 0 unspecified atom stereocenters. The zero-order chi connectivity index (χ0) is 16.8. The maximum absolute atomic E-state index is 12.1. The number of carbonyl (C=O) groups is 1. The van der Waals surface area contributed by atoms with Crippen molar-refractivity contribution < 1.29 is 4.79 Å². The number of nitrogens with zero attached hydrogens (tertiary/aromatic N) is 2. The normalized spacial score (nSPS) is 15.3. The van der Waals surface area contributed by atoms with Crippen LogP contribution in [0.5, 0.6) is 0 Å². The second-order valence-electron chi connectivity index (χ2n) is 6.59. The third-order valence-electron chi connectivity index (χ3n) is 4.62. The molecule has 4 heteroatoms. The molecule has 0 aliphatic carbocycles. The Balaban J connectivity index is 1.41. The number of carbonyl (C=O) groups excluding carboxylic acids is 1. The number of nitrogens with one attached hydrogen (secondary N) is 1. The summed E-state index contributed by atoms with van der Waals surface area (Å²) in [5.41, 5.74) is 2.28. The Kier molecular flexibility index (Phi) is 5.47. The third-order valence-corrected chi connectivity index (χ3v) is 4.62. The highest BCUT2D eigenvalue weighted by molar-refractivity contribution is 5.78. The molecule has 0 atom stereocenters. The molecule has 1 aliphatic heterocycles. The minimum absolute atomic E-state index is 0.118. The summed E-state index contributed by atoms with van der Waals surface area (Å²) in [6.45, 7) is 4.85. The van der Waals surface area contributed by atoms with Gasteiger partial charge in [0.15, 0.2) is 0 Å². The van der Waals surface area contributed by atoms with Crippen LogP contribution in [0, 0.1) is 12.8 Å². The van der Waals surface area contributed by atoms with Gasteiger partial charge in [0.25, 0.3) is 0 Å². The molecule has 0 bridgehead atoms. The van der Waals surface area contributed by atoms with Crippen LogP contribution in [0.15, 0.2) is 48.7 Å². The van der Waals surface area contributed by atoms with Gasteiger partial charge < -0.3 is 10.2 Å². The summed E-state index contributed by atoms with van der Waals surface area (Å²) in [7, 11) is 0. The molecule has 1 amide bonds. The molecule has 0 spiro atoms. The largest absolute Gasteiger partial charge is 0.357 e. The predicted molar refractivity (Wildman–Crippen MR) is 97.1 cm³/mol. The van der Waals surface area contributed by atoms with Crippen molar-refractivity contribution in [3.05, 3.63) is 59.8 Å². The minimum atomic E-state index is 0.118. The highest BCUT2D eigenvalue weighted by atomic mass is 16.1. The summed E-state index contributed by atoms with van der Waals surface area (Å²) < 4.78 is 0. The average Bonchev–Trinajstić information content (AvgIpc) is 2.61. The van der Waals surface area contributed by atoms with E-state index in [-0.39, 0.29) is 5.91 Å². The topological polar surface area (TPSA) is 45.2 Å². The number of aromatic nitrogens is 1. The van der Waals surface area contributed by atoms with Crippen molar-refractivity contribution in [1.82, 2.24) is 10.3 Å². The van der Waals surface area contributed by atoms with E-state index in [1.165, 1.54) is 5.56 Å². The van der Waals surface area contributed by atoms with E-state index in [4.69, 9.17) is 0 Å². The van der Waals surface area contributed by atoms with Gasteiger partial charge in [-0.15, -0.1) is 0 Å². The molecule has 1 aromatic heterocycles. The van der Waals surface area contributed by atoms with E-state index in [1.807, 2.05) is 30.5 Å². The van der Waals surface area contributed by atoms with Crippen LogP contribution >= 0.6 is 0 Å². The van der Waals surface area contributed by atoms with Crippen LogP contribution < -0.4 is 10.2 Å². The van der Waals surface area contributed by atoms with Crippen molar-refractivity contribution in [3.8, 4) is 0 Å². The standard InChI is InChI=1S/C20H25N3O/c1-16-5-4-6-18(13-16)14-20(24)22-15-17-8-11-23(12-9-17)19-7-2-3-10-21-19/h2-7,10,13,17H,8-9,11-12,14-15H2,1H3,(H,22,24). The van der Waals surface area contributed by atoms with Gasteiger partial charge in [-0.05, 0) is 43.4 Å². The number of rotatable bonds is 5. The van der Waals surface area contributed by atoms with Gasteiger partial charge >= 0.3 is 0 Å². The van der Waals surface area contributed by atoms with Gasteiger partial charge in [0, 0.05) is 25.8 Å². The first kappa shape index (κ1) is 16.5. The van der Waals surface area contributed by atoms with E-state index < -0.39 is 0 Å².